The zero-order valence-corrected chi connectivity index (χ0v) is 22.2. The van der Waals surface area contributed by atoms with E-state index in [0.717, 1.165) is 48.2 Å². The number of tetrazole rings is 1. The number of nitrogens with zero attached hydrogens (tertiary/aromatic N) is 6. The predicted molar refractivity (Wildman–Crippen MR) is 146 cm³/mol. The van der Waals surface area contributed by atoms with Crippen molar-refractivity contribution in [2.24, 2.45) is 11.3 Å². The molecule has 1 saturated carbocycles. The lowest BCUT2D eigenvalue weighted by atomic mass is 9.71. The van der Waals surface area contributed by atoms with E-state index >= 15 is 0 Å². The van der Waals surface area contributed by atoms with E-state index in [4.69, 9.17) is 4.98 Å². The lowest BCUT2D eigenvalue weighted by molar-refractivity contribution is 0.102. The Hall–Kier alpha value is -3.82. The van der Waals surface area contributed by atoms with Crippen molar-refractivity contribution in [2.45, 2.75) is 65.6 Å². The largest absolute Gasteiger partial charge is 0.335 e. The van der Waals surface area contributed by atoms with Gasteiger partial charge in [0.05, 0.1) is 17.6 Å². The van der Waals surface area contributed by atoms with Crippen LogP contribution in [0.25, 0.3) is 11.0 Å². The maximum absolute atomic E-state index is 13.7. The van der Waals surface area contributed by atoms with Gasteiger partial charge in [0.15, 0.2) is 0 Å². The molecule has 1 amide bonds. The summed E-state index contributed by atoms with van der Waals surface area (Å²) in [6.07, 6.45) is 4.43. The number of hydrogen-bond donors (Lipinski definition) is 2. The second kappa shape index (κ2) is 10.9. The number of anilines is 2. The first kappa shape index (κ1) is 25.8. The lowest BCUT2D eigenvalue weighted by Crippen LogP contribution is -2.41. The van der Waals surface area contributed by atoms with Gasteiger partial charge in [-0.3, -0.25) is 10.1 Å². The second-order valence-electron chi connectivity index (χ2n) is 11.1. The highest BCUT2D eigenvalue weighted by Gasteiger charge is 2.33. The summed E-state index contributed by atoms with van der Waals surface area (Å²) in [6, 6.07) is 15.7. The van der Waals surface area contributed by atoms with Gasteiger partial charge < -0.3 is 9.47 Å². The van der Waals surface area contributed by atoms with Crippen molar-refractivity contribution < 1.29 is 9.18 Å². The number of aryl methyl sites for hydroxylation is 1. The molecule has 0 unspecified atom stereocenters. The molecule has 4 aromatic rings. The summed E-state index contributed by atoms with van der Waals surface area (Å²) in [5, 5.41) is 15.9. The van der Waals surface area contributed by atoms with Crippen molar-refractivity contribution in [1.82, 2.24) is 30.2 Å². The SMILES string of the molecule is CC(C)(C)C1CCC(N(Cc2ccc(C(=O)Nc3nn[nH]n3)cc2)c2nc3ccccc3n2CCF)CC1. The molecule has 2 aromatic heterocycles. The van der Waals surface area contributed by atoms with Gasteiger partial charge in [0.2, 0.25) is 5.95 Å². The first-order valence-electron chi connectivity index (χ1n) is 13.2. The Morgan fingerprint density at radius 2 is 1.84 bits per heavy atom. The van der Waals surface area contributed by atoms with Crippen molar-refractivity contribution in [1.29, 1.82) is 0 Å². The lowest BCUT2D eigenvalue weighted by Gasteiger charge is -2.41. The number of aromatic nitrogens is 6. The number of fused-ring (bicyclic) bond motifs is 1. The van der Waals surface area contributed by atoms with Crippen LogP contribution in [-0.2, 0) is 13.1 Å². The van der Waals surface area contributed by atoms with Crippen LogP contribution in [0.3, 0.4) is 0 Å². The maximum Gasteiger partial charge on any atom is 0.270 e. The Bertz CT molecular complexity index is 1350. The number of benzene rings is 2. The van der Waals surface area contributed by atoms with Gasteiger partial charge in [-0.25, -0.2) is 9.37 Å². The molecule has 9 nitrogen and oxygen atoms in total. The molecule has 0 spiro atoms. The number of nitrogens with one attached hydrogen (secondary N) is 2. The minimum absolute atomic E-state index is 0.128. The molecular weight excluding hydrogens is 483 g/mol. The monoisotopic (exact) mass is 518 g/mol. The second-order valence-corrected chi connectivity index (χ2v) is 11.1. The van der Waals surface area contributed by atoms with Crippen molar-refractivity contribution in [2.75, 3.05) is 16.9 Å². The Labute approximate surface area is 221 Å². The van der Waals surface area contributed by atoms with Crippen LogP contribution in [0.1, 0.15) is 62.4 Å². The summed E-state index contributed by atoms with van der Waals surface area (Å²) in [4.78, 5) is 19.9. The third-order valence-corrected chi connectivity index (χ3v) is 7.70. The fraction of sp³-hybridized carbons (Fsp3) is 0.464. The van der Waals surface area contributed by atoms with Gasteiger partial charge in [-0.1, -0.05) is 50.1 Å². The van der Waals surface area contributed by atoms with Crippen molar-refractivity contribution in [3.63, 3.8) is 0 Å². The van der Waals surface area contributed by atoms with Crippen molar-refractivity contribution >= 4 is 28.8 Å². The van der Waals surface area contributed by atoms with Gasteiger partial charge in [-0.05, 0) is 72.1 Å². The third kappa shape index (κ3) is 5.54. The maximum atomic E-state index is 13.7. The molecule has 1 aliphatic rings. The van der Waals surface area contributed by atoms with Crippen LogP contribution in [0, 0.1) is 11.3 Å². The number of carbonyl (C=O) groups is 1. The van der Waals surface area contributed by atoms with Crippen LogP contribution >= 0.6 is 0 Å². The van der Waals surface area contributed by atoms with Gasteiger partial charge in [0, 0.05) is 18.2 Å². The number of para-hydroxylation sites is 2. The number of aromatic amines is 1. The van der Waals surface area contributed by atoms with Gasteiger partial charge in [-0.2, -0.15) is 5.21 Å². The Kier molecular flexibility index (Phi) is 7.40. The summed E-state index contributed by atoms with van der Waals surface area (Å²) in [5.74, 6) is 1.31. The van der Waals surface area contributed by atoms with Crippen LogP contribution in [0.5, 0.6) is 0 Å². The average Bonchev–Trinajstić information content (AvgIpc) is 3.55. The van der Waals surface area contributed by atoms with Crippen LogP contribution in [0.15, 0.2) is 48.5 Å². The van der Waals surface area contributed by atoms with Gasteiger partial charge >= 0.3 is 0 Å². The molecule has 0 radical (unpaired) electrons. The molecule has 0 aliphatic heterocycles. The molecule has 0 bridgehead atoms. The van der Waals surface area contributed by atoms with E-state index in [9.17, 15) is 9.18 Å². The molecule has 2 heterocycles. The van der Waals surface area contributed by atoms with Gasteiger partial charge in [0.25, 0.3) is 11.9 Å². The van der Waals surface area contributed by atoms with Gasteiger partial charge in [-0.15, -0.1) is 5.10 Å². The summed E-state index contributed by atoms with van der Waals surface area (Å²) < 4.78 is 15.7. The van der Waals surface area contributed by atoms with E-state index < -0.39 is 6.67 Å². The highest BCUT2D eigenvalue weighted by molar-refractivity contribution is 6.03. The minimum Gasteiger partial charge on any atom is -0.335 e. The Morgan fingerprint density at radius 3 is 2.50 bits per heavy atom. The summed E-state index contributed by atoms with van der Waals surface area (Å²) >= 11 is 0. The smallest absolute Gasteiger partial charge is 0.270 e. The zero-order chi connectivity index (χ0) is 26.7. The number of alkyl halides is 1. The van der Waals surface area contributed by atoms with E-state index in [1.165, 1.54) is 0 Å². The van der Waals surface area contributed by atoms with Crippen LogP contribution in [0.2, 0.25) is 0 Å². The number of carbonyl (C=O) groups excluding carboxylic acids is 1. The number of rotatable bonds is 8. The fourth-order valence-corrected chi connectivity index (χ4v) is 5.55. The topological polar surface area (TPSA) is 105 Å². The first-order chi connectivity index (χ1) is 18.3. The molecule has 2 aromatic carbocycles. The number of imidazole rings is 1. The van der Waals surface area contributed by atoms with Crippen LogP contribution < -0.4 is 10.2 Å². The summed E-state index contributed by atoms with van der Waals surface area (Å²) in [7, 11) is 0. The Balaban J connectivity index is 1.42. The fourth-order valence-electron chi connectivity index (χ4n) is 5.55. The first-order valence-corrected chi connectivity index (χ1v) is 13.2. The molecule has 2 N–H and O–H groups in total. The van der Waals surface area contributed by atoms with E-state index in [2.05, 4.69) is 51.6 Å². The predicted octanol–water partition coefficient (Wildman–Crippen LogP) is 5.38. The van der Waals surface area contributed by atoms with Gasteiger partial charge in [0.1, 0.15) is 6.67 Å². The van der Waals surface area contributed by atoms with Crippen LogP contribution in [0.4, 0.5) is 16.3 Å². The standard InChI is InChI=1S/C28H35FN8O/c1-28(2,3)21-12-14-22(15-13-21)37(27-30-23-6-4-5-7-24(23)36(27)17-16-29)18-19-8-10-20(11-9-19)25(38)31-26-32-34-35-33-26/h4-11,21-22H,12-18H2,1-3H3,(H2,31,32,33,34,35,38). The Morgan fingerprint density at radius 1 is 1.11 bits per heavy atom. The van der Waals surface area contributed by atoms with E-state index in [-0.39, 0.29) is 23.8 Å². The molecule has 200 valence electrons. The van der Waals surface area contributed by atoms with Crippen molar-refractivity contribution in [3.05, 3.63) is 59.7 Å². The molecule has 5 rings (SSSR count). The molecule has 38 heavy (non-hydrogen) atoms. The van der Waals surface area contributed by atoms with Crippen LogP contribution in [-0.4, -0.2) is 48.8 Å². The zero-order valence-electron chi connectivity index (χ0n) is 22.2. The van der Waals surface area contributed by atoms with Crippen molar-refractivity contribution in [3.8, 4) is 0 Å². The number of H-pyrrole nitrogens is 1. The summed E-state index contributed by atoms with van der Waals surface area (Å²) in [6.45, 7) is 7.40. The molecule has 10 heteroatoms. The van der Waals surface area contributed by atoms with E-state index in [1.54, 1.807) is 12.1 Å². The number of amides is 1. The molecule has 0 atom stereocenters. The number of halogens is 1. The highest BCUT2D eigenvalue weighted by Crippen LogP contribution is 2.40. The highest BCUT2D eigenvalue weighted by atomic mass is 19.1. The normalized spacial score (nSPS) is 18.0. The number of hydrogen-bond acceptors (Lipinski definition) is 6. The van der Waals surface area contributed by atoms with E-state index in [1.807, 2.05) is 41.0 Å². The molecule has 1 fully saturated rings. The van der Waals surface area contributed by atoms with E-state index in [0.29, 0.717) is 24.1 Å². The molecule has 1 aliphatic carbocycles. The quantitative estimate of drug-likeness (QED) is 0.324. The third-order valence-electron chi connectivity index (χ3n) is 7.70. The summed E-state index contributed by atoms with van der Waals surface area (Å²) in [5.41, 5.74) is 3.66. The molecular formula is C28H35FN8O. The molecule has 0 saturated heterocycles. The minimum atomic E-state index is -0.456. The average molecular weight is 519 g/mol.